The molecule has 0 aromatic carbocycles. The fourth-order valence-electron chi connectivity index (χ4n) is 1.59. The molecule has 0 aliphatic heterocycles. The van der Waals surface area contributed by atoms with Gasteiger partial charge in [-0.25, -0.2) is 14.8 Å². The molecular weight excluding hydrogens is 296 g/mol. The smallest absolute Gasteiger partial charge is 0.333 e. The highest BCUT2D eigenvalue weighted by molar-refractivity contribution is 5.86. The maximum Gasteiger partial charge on any atom is 0.333 e. The van der Waals surface area contributed by atoms with Gasteiger partial charge < -0.3 is 14.6 Å². The largest absolute Gasteiger partial charge is 0.460 e. The van der Waals surface area contributed by atoms with Gasteiger partial charge in [-0.15, -0.1) is 10.2 Å². The van der Waals surface area contributed by atoms with Gasteiger partial charge in [-0.3, -0.25) is 0 Å². The number of ether oxygens (including phenoxy) is 1. The molecule has 2 aromatic rings. The summed E-state index contributed by atoms with van der Waals surface area (Å²) >= 11 is 0. The lowest BCUT2D eigenvalue weighted by Gasteiger charge is -2.17. The van der Waals surface area contributed by atoms with Crippen molar-refractivity contribution in [3.8, 4) is 0 Å². The third-order valence-corrected chi connectivity index (χ3v) is 2.88. The van der Waals surface area contributed by atoms with E-state index in [9.17, 15) is 4.79 Å². The van der Waals surface area contributed by atoms with Crippen molar-refractivity contribution in [2.24, 2.45) is 10.2 Å². The molecule has 0 unspecified atom stereocenters. The first-order valence-electron chi connectivity index (χ1n) is 6.97. The SMILES string of the molecule is C=C(C)C(=O)OCCN(C)c1ccc(/N=N/c2ncc[nH]2)cn1. The van der Waals surface area contributed by atoms with Crippen molar-refractivity contribution in [2.45, 2.75) is 6.92 Å². The molecule has 1 N–H and O–H groups in total. The lowest BCUT2D eigenvalue weighted by Crippen LogP contribution is -2.24. The minimum Gasteiger partial charge on any atom is -0.460 e. The average Bonchev–Trinajstić information content (AvgIpc) is 3.06. The monoisotopic (exact) mass is 314 g/mol. The van der Waals surface area contributed by atoms with E-state index in [1.165, 1.54) is 0 Å². The van der Waals surface area contributed by atoms with Crippen LogP contribution in [-0.4, -0.2) is 41.1 Å². The van der Waals surface area contributed by atoms with Crippen LogP contribution in [0.2, 0.25) is 0 Å². The first-order chi connectivity index (χ1) is 11.1. The molecule has 0 fully saturated rings. The fourth-order valence-corrected chi connectivity index (χ4v) is 1.59. The van der Waals surface area contributed by atoms with Gasteiger partial charge in [0.15, 0.2) is 0 Å². The molecule has 2 heterocycles. The van der Waals surface area contributed by atoms with Crippen LogP contribution in [0.3, 0.4) is 0 Å². The molecule has 2 aromatic heterocycles. The summed E-state index contributed by atoms with van der Waals surface area (Å²) in [4.78, 5) is 24.2. The van der Waals surface area contributed by atoms with Crippen molar-refractivity contribution in [1.29, 1.82) is 0 Å². The molecule has 0 saturated carbocycles. The van der Waals surface area contributed by atoms with E-state index >= 15 is 0 Å². The number of nitrogens with one attached hydrogen (secondary N) is 1. The number of hydrogen-bond acceptors (Lipinski definition) is 7. The van der Waals surface area contributed by atoms with Gasteiger partial charge in [-0.05, 0) is 19.1 Å². The second-order valence-corrected chi connectivity index (χ2v) is 4.83. The van der Waals surface area contributed by atoms with E-state index in [-0.39, 0.29) is 12.6 Å². The van der Waals surface area contributed by atoms with Gasteiger partial charge in [0.25, 0.3) is 0 Å². The van der Waals surface area contributed by atoms with Crippen LogP contribution < -0.4 is 4.90 Å². The average molecular weight is 314 g/mol. The number of likely N-dealkylation sites (N-methyl/N-ethyl adjacent to an activating group) is 1. The lowest BCUT2D eigenvalue weighted by atomic mass is 10.4. The summed E-state index contributed by atoms with van der Waals surface area (Å²) in [5.41, 5.74) is 1.00. The zero-order chi connectivity index (χ0) is 16.7. The number of H-pyrrole nitrogens is 1. The number of carbonyl (C=O) groups is 1. The molecule has 0 radical (unpaired) electrons. The number of nitrogens with zero attached hydrogens (tertiary/aromatic N) is 5. The minimum absolute atomic E-state index is 0.268. The standard InChI is InChI=1S/C15H18N6O2/c1-11(2)14(22)23-9-8-21(3)13-5-4-12(10-18-13)19-20-15-16-6-7-17-15/h4-7,10H,1,8-9H2,2-3H3,(H,16,17)/b20-19+. The Morgan fingerprint density at radius 1 is 1.39 bits per heavy atom. The van der Waals surface area contributed by atoms with Crippen LogP contribution in [0.4, 0.5) is 17.5 Å². The second-order valence-electron chi connectivity index (χ2n) is 4.83. The summed E-state index contributed by atoms with van der Waals surface area (Å²) in [6.07, 6.45) is 4.88. The van der Waals surface area contributed by atoms with Crippen molar-refractivity contribution in [2.75, 3.05) is 25.1 Å². The molecule has 0 saturated heterocycles. The number of anilines is 1. The van der Waals surface area contributed by atoms with Crippen molar-refractivity contribution in [1.82, 2.24) is 15.0 Å². The van der Waals surface area contributed by atoms with Gasteiger partial charge in [0.2, 0.25) is 5.95 Å². The van der Waals surface area contributed by atoms with E-state index in [4.69, 9.17) is 4.74 Å². The highest BCUT2D eigenvalue weighted by Crippen LogP contribution is 2.17. The Morgan fingerprint density at radius 3 is 2.83 bits per heavy atom. The number of esters is 1. The van der Waals surface area contributed by atoms with Crippen LogP contribution in [0.15, 0.2) is 53.1 Å². The van der Waals surface area contributed by atoms with Gasteiger partial charge in [0.05, 0.1) is 12.7 Å². The van der Waals surface area contributed by atoms with E-state index in [0.717, 1.165) is 5.82 Å². The summed E-state index contributed by atoms with van der Waals surface area (Å²) < 4.78 is 5.05. The van der Waals surface area contributed by atoms with Gasteiger partial charge in [-0.1, -0.05) is 6.58 Å². The topological polar surface area (TPSA) is 95.8 Å². The highest BCUT2D eigenvalue weighted by atomic mass is 16.5. The van der Waals surface area contributed by atoms with Crippen LogP contribution in [0.5, 0.6) is 0 Å². The number of rotatable bonds is 7. The maximum atomic E-state index is 11.3. The molecule has 0 amide bonds. The maximum absolute atomic E-state index is 11.3. The summed E-state index contributed by atoms with van der Waals surface area (Å²) in [6.45, 7) is 5.94. The molecule has 0 atom stereocenters. The number of pyridine rings is 1. The zero-order valence-electron chi connectivity index (χ0n) is 13.1. The molecular formula is C15H18N6O2. The van der Waals surface area contributed by atoms with Gasteiger partial charge in [0, 0.05) is 25.0 Å². The highest BCUT2D eigenvalue weighted by Gasteiger charge is 2.06. The Balaban J connectivity index is 1.86. The third-order valence-electron chi connectivity index (χ3n) is 2.88. The van der Waals surface area contributed by atoms with Gasteiger partial charge in [-0.2, -0.15) is 0 Å². The van der Waals surface area contributed by atoms with Crippen molar-refractivity contribution < 1.29 is 9.53 Å². The number of carbonyl (C=O) groups excluding carboxylic acids is 1. The number of azo groups is 1. The second kappa shape index (κ2) is 7.83. The molecule has 0 bridgehead atoms. The van der Waals surface area contributed by atoms with Gasteiger partial charge >= 0.3 is 5.97 Å². The van der Waals surface area contributed by atoms with E-state index < -0.39 is 0 Å². The van der Waals surface area contributed by atoms with Gasteiger partial charge in [0.1, 0.15) is 18.1 Å². The molecule has 8 nitrogen and oxygen atoms in total. The van der Waals surface area contributed by atoms with Crippen molar-refractivity contribution in [3.63, 3.8) is 0 Å². The first-order valence-corrected chi connectivity index (χ1v) is 6.97. The predicted molar refractivity (Wildman–Crippen MR) is 86.0 cm³/mol. The van der Waals surface area contributed by atoms with Crippen molar-refractivity contribution >= 4 is 23.4 Å². The van der Waals surface area contributed by atoms with E-state index in [0.29, 0.717) is 23.8 Å². The number of imidazole rings is 1. The quantitative estimate of drug-likeness (QED) is 0.481. The number of hydrogen-bond donors (Lipinski definition) is 1. The summed E-state index contributed by atoms with van der Waals surface area (Å²) in [5.74, 6) is 0.791. The number of aromatic amines is 1. The van der Waals surface area contributed by atoms with Crippen LogP contribution >= 0.6 is 0 Å². The molecule has 0 spiro atoms. The van der Waals surface area contributed by atoms with E-state index in [1.807, 2.05) is 18.0 Å². The van der Waals surface area contributed by atoms with Crippen LogP contribution in [0.1, 0.15) is 6.92 Å². The van der Waals surface area contributed by atoms with E-state index in [1.54, 1.807) is 31.6 Å². The van der Waals surface area contributed by atoms with Crippen molar-refractivity contribution in [3.05, 3.63) is 42.9 Å². The Labute approximate surface area is 133 Å². The molecule has 8 heteroatoms. The van der Waals surface area contributed by atoms with Crippen LogP contribution in [0, 0.1) is 0 Å². The Hall–Kier alpha value is -3.03. The molecule has 120 valence electrons. The van der Waals surface area contributed by atoms with Crippen LogP contribution in [0.25, 0.3) is 0 Å². The van der Waals surface area contributed by atoms with Crippen LogP contribution in [-0.2, 0) is 9.53 Å². The Bertz CT molecular complexity index is 679. The molecule has 0 aliphatic rings. The Kier molecular flexibility index (Phi) is 5.56. The Morgan fingerprint density at radius 2 is 2.22 bits per heavy atom. The number of aromatic nitrogens is 3. The third kappa shape index (κ3) is 5.03. The zero-order valence-corrected chi connectivity index (χ0v) is 13.1. The van der Waals surface area contributed by atoms with E-state index in [2.05, 4.69) is 31.8 Å². The normalized spacial score (nSPS) is 10.7. The summed E-state index contributed by atoms with van der Waals surface area (Å²) in [6, 6.07) is 3.61. The predicted octanol–water partition coefficient (Wildman–Crippen LogP) is 2.78. The summed E-state index contributed by atoms with van der Waals surface area (Å²) in [5, 5.41) is 7.96. The molecule has 0 aliphatic carbocycles. The molecule has 2 rings (SSSR count). The fraction of sp³-hybridized carbons (Fsp3) is 0.267. The first kappa shape index (κ1) is 16.3. The molecule has 23 heavy (non-hydrogen) atoms. The summed E-state index contributed by atoms with van der Waals surface area (Å²) in [7, 11) is 1.86. The lowest BCUT2D eigenvalue weighted by molar-refractivity contribution is -0.138. The minimum atomic E-state index is -0.389.